The molecule has 0 aliphatic rings. The second kappa shape index (κ2) is 6.11. The summed E-state index contributed by atoms with van der Waals surface area (Å²) < 4.78 is 5.28. The molecule has 0 unspecified atom stereocenters. The number of hydrogen-bond donors (Lipinski definition) is 1. The fourth-order valence-corrected chi connectivity index (χ4v) is 2.43. The van der Waals surface area contributed by atoms with E-state index in [4.69, 9.17) is 4.42 Å². The number of aromatic nitrogens is 2. The average molecular weight is 265 g/mol. The van der Waals surface area contributed by atoms with Crippen LogP contribution < -0.4 is 5.32 Å². The summed E-state index contributed by atoms with van der Waals surface area (Å²) in [6, 6.07) is 1.99. The third kappa shape index (κ3) is 3.65. The minimum atomic E-state index is 0.684. The van der Waals surface area contributed by atoms with Crippen molar-refractivity contribution in [1.29, 1.82) is 0 Å². The fourth-order valence-electron chi connectivity index (χ4n) is 1.61. The fraction of sp³-hybridized carbons (Fsp3) is 0.538. The van der Waals surface area contributed by atoms with Crippen molar-refractivity contribution in [1.82, 2.24) is 15.5 Å². The number of nitrogens with one attached hydrogen (secondary N) is 1. The van der Waals surface area contributed by atoms with Gasteiger partial charge in [0.05, 0.1) is 5.56 Å². The van der Waals surface area contributed by atoms with Gasteiger partial charge in [0, 0.05) is 13.0 Å². The minimum Gasteiger partial charge on any atom is -0.469 e. The first-order chi connectivity index (χ1) is 8.65. The molecule has 1 N–H and O–H groups in total. The van der Waals surface area contributed by atoms with Gasteiger partial charge in [-0.3, -0.25) is 0 Å². The van der Waals surface area contributed by atoms with Gasteiger partial charge < -0.3 is 9.73 Å². The van der Waals surface area contributed by atoms with E-state index in [2.05, 4.69) is 29.4 Å². The maximum Gasteiger partial charge on any atom is 0.151 e. The van der Waals surface area contributed by atoms with Gasteiger partial charge in [-0.1, -0.05) is 25.2 Å². The topological polar surface area (TPSA) is 51.0 Å². The maximum atomic E-state index is 5.28. The Bertz CT molecular complexity index is 490. The zero-order chi connectivity index (χ0) is 13.0. The third-order valence-corrected chi connectivity index (χ3v) is 3.54. The largest absolute Gasteiger partial charge is 0.469 e. The first-order valence-electron chi connectivity index (χ1n) is 6.23. The molecule has 98 valence electrons. The Hall–Kier alpha value is -1.20. The Morgan fingerprint density at radius 2 is 2.22 bits per heavy atom. The van der Waals surface area contributed by atoms with Gasteiger partial charge in [-0.2, -0.15) is 0 Å². The predicted octanol–water partition coefficient (Wildman–Crippen LogP) is 2.89. The van der Waals surface area contributed by atoms with Gasteiger partial charge in [-0.15, -0.1) is 10.2 Å². The van der Waals surface area contributed by atoms with E-state index < -0.39 is 0 Å². The quantitative estimate of drug-likeness (QED) is 0.816. The van der Waals surface area contributed by atoms with Crippen LogP contribution in [0.5, 0.6) is 0 Å². The van der Waals surface area contributed by atoms with Crippen LogP contribution in [-0.4, -0.2) is 23.3 Å². The van der Waals surface area contributed by atoms with Crippen LogP contribution in [0.4, 0.5) is 0 Å². The second-order valence-electron chi connectivity index (χ2n) is 4.79. The third-order valence-electron chi connectivity index (χ3n) is 2.51. The lowest BCUT2D eigenvalue weighted by atomic mass is 10.2. The normalized spacial score (nSPS) is 11.3. The summed E-state index contributed by atoms with van der Waals surface area (Å²) in [6.07, 6.45) is 2.66. The van der Waals surface area contributed by atoms with Crippen LogP contribution in [0.1, 0.15) is 24.6 Å². The molecule has 5 heteroatoms. The molecule has 2 heterocycles. The zero-order valence-electron chi connectivity index (χ0n) is 11.1. The highest BCUT2D eigenvalue weighted by Crippen LogP contribution is 2.25. The van der Waals surface area contributed by atoms with Crippen LogP contribution in [0.25, 0.3) is 10.6 Å². The molecular weight excluding hydrogens is 246 g/mol. The van der Waals surface area contributed by atoms with E-state index >= 15 is 0 Å². The molecule has 0 fully saturated rings. The molecule has 2 rings (SSSR count). The molecule has 0 saturated heterocycles. The van der Waals surface area contributed by atoms with Gasteiger partial charge in [0.2, 0.25) is 0 Å². The molecule has 18 heavy (non-hydrogen) atoms. The SMILES string of the molecule is Cc1cc(-c2nnc(CCNCC(C)C)s2)co1. The van der Waals surface area contributed by atoms with Crippen molar-refractivity contribution in [3.63, 3.8) is 0 Å². The van der Waals surface area contributed by atoms with E-state index in [1.54, 1.807) is 17.6 Å². The first-order valence-corrected chi connectivity index (χ1v) is 7.05. The van der Waals surface area contributed by atoms with Gasteiger partial charge >= 0.3 is 0 Å². The molecule has 0 saturated carbocycles. The van der Waals surface area contributed by atoms with E-state index in [9.17, 15) is 0 Å². The summed E-state index contributed by atoms with van der Waals surface area (Å²) in [5.74, 6) is 1.59. The smallest absolute Gasteiger partial charge is 0.151 e. The second-order valence-corrected chi connectivity index (χ2v) is 5.86. The molecule has 0 aromatic carbocycles. The van der Waals surface area contributed by atoms with E-state index in [1.165, 1.54) is 0 Å². The standard InChI is InChI=1S/C13H19N3OS/c1-9(2)7-14-5-4-12-15-16-13(18-12)11-6-10(3)17-8-11/h6,8-9,14H,4-5,7H2,1-3H3. The monoisotopic (exact) mass is 265 g/mol. The van der Waals surface area contributed by atoms with Crippen molar-refractivity contribution in [3.05, 3.63) is 23.1 Å². The molecule has 0 amide bonds. The molecule has 0 aliphatic carbocycles. The highest BCUT2D eigenvalue weighted by atomic mass is 32.1. The maximum absolute atomic E-state index is 5.28. The Kier molecular flexibility index (Phi) is 4.49. The van der Waals surface area contributed by atoms with E-state index in [0.29, 0.717) is 5.92 Å². The summed E-state index contributed by atoms with van der Waals surface area (Å²) in [7, 11) is 0. The van der Waals surface area contributed by atoms with Crippen molar-refractivity contribution < 1.29 is 4.42 Å². The molecule has 0 spiro atoms. The summed E-state index contributed by atoms with van der Waals surface area (Å²) in [5.41, 5.74) is 1.02. The molecule has 0 atom stereocenters. The highest BCUT2D eigenvalue weighted by Gasteiger charge is 2.08. The molecule has 0 aliphatic heterocycles. The minimum absolute atomic E-state index is 0.684. The van der Waals surface area contributed by atoms with E-state index in [-0.39, 0.29) is 0 Å². The molecular formula is C13H19N3OS. The van der Waals surface area contributed by atoms with Crippen LogP contribution in [0.3, 0.4) is 0 Å². The van der Waals surface area contributed by atoms with Crippen LogP contribution in [0.2, 0.25) is 0 Å². The predicted molar refractivity (Wildman–Crippen MR) is 73.8 cm³/mol. The van der Waals surface area contributed by atoms with Crippen LogP contribution in [0, 0.1) is 12.8 Å². The van der Waals surface area contributed by atoms with Crippen molar-refractivity contribution >= 4 is 11.3 Å². The Labute approximate surface area is 111 Å². The summed E-state index contributed by atoms with van der Waals surface area (Å²) in [6.45, 7) is 8.35. The lowest BCUT2D eigenvalue weighted by Crippen LogP contribution is -2.22. The van der Waals surface area contributed by atoms with E-state index in [1.807, 2.05) is 13.0 Å². The van der Waals surface area contributed by atoms with Crippen LogP contribution in [-0.2, 0) is 6.42 Å². The van der Waals surface area contributed by atoms with Crippen molar-refractivity contribution in [2.75, 3.05) is 13.1 Å². The Morgan fingerprint density at radius 1 is 1.39 bits per heavy atom. The zero-order valence-corrected chi connectivity index (χ0v) is 11.9. The van der Waals surface area contributed by atoms with Gasteiger partial charge in [0.15, 0.2) is 5.01 Å². The summed E-state index contributed by atoms with van der Waals surface area (Å²) in [4.78, 5) is 0. The van der Waals surface area contributed by atoms with E-state index in [0.717, 1.165) is 40.8 Å². The number of hydrogen-bond acceptors (Lipinski definition) is 5. The lowest BCUT2D eigenvalue weighted by molar-refractivity contribution is 0.535. The number of nitrogens with zero attached hydrogens (tertiary/aromatic N) is 2. The first kappa shape index (κ1) is 13.2. The summed E-state index contributed by atoms with van der Waals surface area (Å²) in [5, 5.41) is 13.8. The molecule has 2 aromatic heterocycles. The molecule has 2 aromatic rings. The lowest BCUT2D eigenvalue weighted by Gasteiger charge is -2.04. The van der Waals surface area contributed by atoms with Crippen LogP contribution >= 0.6 is 11.3 Å². The van der Waals surface area contributed by atoms with Gasteiger partial charge in [0.25, 0.3) is 0 Å². The van der Waals surface area contributed by atoms with Crippen LogP contribution in [0.15, 0.2) is 16.7 Å². The number of rotatable bonds is 6. The van der Waals surface area contributed by atoms with Gasteiger partial charge in [-0.25, -0.2) is 0 Å². The highest BCUT2D eigenvalue weighted by molar-refractivity contribution is 7.14. The van der Waals surface area contributed by atoms with Gasteiger partial charge in [-0.05, 0) is 25.5 Å². The summed E-state index contributed by atoms with van der Waals surface area (Å²) >= 11 is 1.64. The number of furan rings is 1. The van der Waals surface area contributed by atoms with Crippen molar-refractivity contribution in [2.24, 2.45) is 5.92 Å². The average Bonchev–Trinajstić information content (AvgIpc) is 2.93. The molecule has 0 bridgehead atoms. The van der Waals surface area contributed by atoms with Gasteiger partial charge in [0.1, 0.15) is 17.0 Å². The van der Waals surface area contributed by atoms with Crippen molar-refractivity contribution in [2.45, 2.75) is 27.2 Å². The molecule has 4 nitrogen and oxygen atoms in total. The Morgan fingerprint density at radius 3 is 2.89 bits per heavy atom. The molecule has 0 radical (unpaired) electrons. The van der Waals surface area contributed by atoms with Crippen molar-refractivity contribution in [3.8, 4) is 10.6 Å². The Balaban J connectivity index is 1.86. The number of aryl methyl sites for hydroxylation is 1.